The van der Waals surface area contributed by atoms with Crippen LogP contribution in [0.25, 0.3) is 16.8 Å². The van der Waals surface area contributed by atoms with E-state index >= 15 is 0 Å². The summed E-state index contributed by atoms with van der Waals surface area (Å²) in [6, 6.07) is 3.09. The number of nitrogens with zero attached hydrogens (tertiary/aromatic N) is 5. The van der Waals surface area contributed by atoms with Crippen LogP contribution in [0.3, 0.4) is 0 Å². The lowest BCUT2D eigenvalue weighted by Gasteiger charge is -2.39. The second-order valence-corrected chi connectivity index (χ2v) is 8.41. The van der Waals surface area contributed by atoms with Gasteiger partial charge in [0.05, 0.1) is 22.8 Å². The number of hydrogen-bond acceptors (Lipinski definition) is 5. The van der Waals surface area contributed by atoms with E-state index in [1.54, 1.807) is 41.8 Å². The Hall–Kier alpha value is -3.21. The maximum Gasteiger partial charge on any atom is 0.416 e. The van der Waals surface area contributed by atoms with Crippen molar-refractivity contribution >= 4 is 22.9 Å². The zero-order valence-electron chi connectivity index (χ0n) is 16.9. The van der Waals surface area contributed by atoms with E-state index < -0.39 is 23.5 Å². The number of rotatable bonds is 5. The van der Waals surface area contributed by atoms with Crippen LogP contribution in [0.5, 0.6) is 0 Å². The predicted molar refractivity (Wildman–Crippen MR) is 110 cm³/mol. The molecule has 0 aliphatic carbocycles. The van der Waals surface area contributed by atoms with Crippen LogP contribution in [-0.2, 0) is 12.6 Å². The van der Waals surface area contributed by atoms with Crippen molar-refractivity contribution in [2.45, 2.75) is 25.6 Å². The number of fused-ring (bicyclic) bond motifs is 1. The van der Waals surface area contributed by atoms with Gasteiger partial charge < -0.3 is 5.32 Å². The second kappa shape index (κ2) is 7.49. The Labute approximate surface area is 179 Å². The summed E-state index contributed by atoms with van der Waals surface area (Å²) < 4.78 is 46.6. The minimum Gasteiger partial charge on any atom is -0.333 e. The molecule has 0 unspecified atom stereocenters. The normalized spacial score (nSPS) is 14.2. The van der Waals surface area contributed by atoms with Crippen LogP contribution >= 0.6 is 11.3 Å². The van der Waals surface area contributed by atoms with Gasteiger partial charge in [0.15, 0.2) is 11.2 Å². The average molecular weight is 448 g/mol. The third-order valence-electron chi connectivity index (χ3n) is 5.19. The molecule has 11 heteroatoms. The second-order valence-electron chi connectivity index (χ2n) is 7.46. The number of aromatic nitrogens is 5. The maximum atomic E-state index is 14.6. The van der Waals surface area contributed by atoms with Gasteiger partial charge in [-0.1, -0.05) is 19.9 Å². The fourth-order valence-corrected chi connectivity index (χ4v) is 4.21. The van der Waals surface area contributed by atoms with Gasteiger partial charge in [-0.25, -0.2) is 9.50 Å². The van der Waals surface area contributed by atoms with Crippen LogP contribution in [0.4, 0.5) is 13.2 Å². The lowest BCUT2D eigenvalue weighted by molar-refractivity contribution is -0.210. The molecule has 4 rings (SSSR count). The first-order valence-corrected chi connectivity index (χ1v) is 10.3. The summed E-state index contributed by atoms with van der Waals surface area (Å²) >= 11 is 1.07. The minimum atomic E-state index is -4.79. The fraction of sp³-hybridized carbons (Fsp3) is 0.300. The molecule has 1 N–H and O–H groups in total. The third-order valence-corrected chi connectivity index (χ3v) is 6.06. The third kappa shape index (κ3) is 3.48. The number of hydrogen-bond donors (Lipinski definition) is 1. The Balaban J connectivity index is 1.85. The summed E-state index contributed by atoms with van der Waals surface area (Å²) in [6.07, 6.45) is 2.79. The molecule has 1 atom stereocenters. The van der Waals surface area contributed by atoms with Crippen LogP contribution in [0.15, 0.2) is 48.5 Å². The molecule has 7 nitrogen and oxygen atoms in total. The zero-order chi connectivity index (χ0) is 22.4. The number of carbonyl (C=O) groups is 1. The summed E-state index contributed by atoms with van der Waals surface area (Å²) in [6.45, 7) is 2.82. The Morgan fingerprint density at radius 3 is 2.45 bits per heavy atom. The molecule has 0 saturated heterocycles. The topological polar surface area (TPSA) is 77.1 Å². The highest BCUT2D eigenvalue weighted by atomic mass is 32.1. The summed E-state index contributed by atoms with van der Waals surface area (Å²) in [5, 5.41) is 12.1. The molecule has 0 fully saturated rings. The van der Waals surface area contributed by atoms with Crippen molar-refractivity contribution in [3.05, 3.63) is 58.9 Å². The molecule has 0 saturated carbocycles. The van der Waals surface area contributed by atoms with Gasteiger partial charge in [0.1, 0.15) is 0 Å². The van der Waals surface area contributed by atoms with E-state index in [1.165, 1.54) is 30.6 Å². The molecule has 4 heterocycles. The van der Waals surface area contributed by atoms with E-state index in [-0.39, 0.29) is 16.1 Å². The highest BCUT2D eigenvalue weighted by Crippen LogP contribution is 2.46. The van der Waals surface area contributed by atoms with Crippen LogP contribution in [-0.4, -0.2) is 36.5 Å². The molecule has 0 aromatic carbocycles. The van der Waals surface area contributed by atoms with Crippen molar-refractivity contribution in [1.29, 1.82) is 0 Å². The van der Waals surface area contributed by atoms with Gasteiger partial charge >= 0.3 is 6.18 Å². The molecule has 0 aliphatic heterocycles. The van der Waals surface area contributed by atoms with Gasteiger partial charge in [-0.05, 0) is 17.4 Å². The number of nitrogens with one attached hydrogen (secondary N) is 1. The zero-order valence-corrected chi connectivity index (χ0v) is 17.7. The quantitative estimate of drug-likeness (QED) is 0.500. The Morgan fingerprint density at radius 2 is 1.87 bits per heavy atom. The van der Waals surface area contributed by atoms with E-state index in [0.717, 1.165) is 23.1 Å². The number of carbonyl (C=O) groups excluding carboxylic acids is 1. The van der Waals surface area contributed by atoms with Gasteiger partial charge in [0, 0.05) is 36.8 Å². The lowest BCUT2D eigenvalue weighted by atomic mass is 9.80. The smallest absolute Gasteiger partial charge is 0.333 e. The molecular weight excluding hydrogens is 429 g/mol. The highest BCUT2D eigenvalue weighted by molar-refractivity contribution is 7.12. The van der Waals surface area contributed by atoms with Gasteiger partial charge in [0.2, 0.25) is 0 Å². The Bertz CT molecular complexity index is 1230. The number of halogens is 3. The van der Waals surface area contributed by atoms with Gasteiger partial charge in [0.25, 0.3) is 5.91 Å². The SMILES string of the molecule is CC(C)[C@@](NC(=O)c1cccs1)(c1cnn2cc(-c3cnn(C)c3)cnc12)C(F)(F)F. The Kier molecular flexibility index (Phi) is 5.08. The van der Waals surface area contributed by atoms with E-state index in [9.17, 15) is 18.0 Å². The maximum absolute atomic E-state index is 14.6. The summed E-state index contributed by atoms with van der Waals surface area (Å²) in [4.78, 5) is 17.2. The van der Waals surface area contributed by atoms with E-state index in [1.807, 2.05) is 0 Å². The molecular formula is C20H19F3N6OS. The fourth-order valence-electron chi connectivity index (χ4n) is 3.59. The van der Waals surface area contributed by atoms with Crippen molar-refractivity contribution < 1.29 is 18.0 Å². The number of aryl methyl sites for hydroxylation is 1. The van der Waals surface area contributed by atoms with Crippen LogP contribution < -0.4 is 5.32 Å². The molecule has 0 bridgehead atoms. The summed E-state index contributed by atoms with van der Waals surface area (Å²) in [5.74, 6) is -1.82. The van der Waals surface area contributed by atoms with Crippen molar-refractivity contribution in [2.24, 2.45) is 13.0 Å². The molecule has 1 amide bonds. The van der Waals surface area contributed by atoms with Crippen molar-refractivity contribution in [2.75, 3.05) is 0 Å². The summed E-state index contributed by atoms with van der Waals surface area (Å²) in [7, 11) is 1.76. The van der Waals surface area contributed by atoms with Crippen molar-refractivity contribution in [1.82, 2.24) is 29.7 Å². The minimum absolute atomic E-state index is 0.0187. The highest BCUT2D eigenvalue weighted by Gasteiger charge is 2.60. The molecule has 0 radical (unpaired) electrons. The number of alkyl halides is 3. The van der Waals surface area contributed by atoms with Crippen molar-refractivity contribution in [3.63, 3.8) is 0 Å². The van der Waals surface area contributed by atoms with E-state index in [0.29, 0.717) is 5.56 Å². The van der Waals surface area contributed by atoms with Gasteiger partial charge in [-0.15, -0.1) is 11.3 Å². The van der Waals surface area contributed by atoms with Crippen LogP contribution in [0.2, 0.25) is 0 Å². The van der Waals surface area contributed by atoms with E-state index in [4.69, 9.17) is 0 Å². The summed E-state index contributed by atoms with van der Waals surface area (Å²) in [5.41, 5.74) is -1.45. The molecule has 4 aromatic heterocycles. The van der Waals surface area contributed by atoms with Gasteiger partial charge in [-0.3, -0.25) is 9.48 Å². The average Bonchev–Trinajstić information content (AvgIpc) is 3.44. The molecule has 0 spiro atoms. The lowest BCUT2D eigenvalue weighted by Crippen LogP contribution is -2.59. The van der Waals surface area contributed by atoms with Crippen molar-refractivity contribution in [3.8, 4) is 11.1 Å². The first kappa shape index (κ1) is 21.0. The predicted octanol–water partition coefficient (Wildman–Crippen LogP) is 4.03. The Morgan fingerprint density at radius 1 is 1.13 bits per heavy atom. The standard InChI is InChI=1S/C20H19F3N6OS/c1-12(2)19(20(21,22)23,27-18(30)16-5-4-6-31-16)15-9-26-29-11-13(7-24-17(15)29)14-8-25-28(3)10-14/h4-12H,1-3H3,(H,27,30)/t19-/m1/s1. The number of thiophene rings is 1. The monoisotopic (exact) mass is 448 g/mol. The first-order valence-electron chi connectivity index (χ1n) is 9.39. The van der Waals surface area contributed by atoms with Crippen LogP contribution in [0.1, 0.15) is 29.1 Å². The molecule has 162 valence electrons. The number of amides is 1. The van der Waals surface area contributed by atoms with E-state index in [2.05, 4.69) is 20.5 Å². The van der Waals surface area contributed by atoms with Crippen LogP contribution in [0, 0.1) is 5.92 Å². The van der Waals surface area contributed by atoms with Gasteiger partial charge in [-0.2, -0.15) is 23.4 Å². The first-order chi connectivity index (χ1) is 14.6. The molecule has 4 aromatic rings. The largest absolute Gasteiger partial charge is 0.416 e. The molecule has 0 aliphatic rings. The molecule has 31 heavy (non-hydrogen) atoms.